The Labute approximate surface area is 203 Å². The van der Waals surface area contributed by atoms with Crippen LogP contribution in [0.25, 0.3) is 0 Å². The van der Waals surface area contributed by atoms with Crippen LogP contribution in [0, 0.1) is 5.41 Å². The molecule has 192 valence electrons. The van der Waals surface area contributed by atoms with Crippen molar-refractivity contribution >= 4 is 40.3 Å². The van der Waals surface area contributed by atoms with Crippen molar-refractivity contribution in [3.63, 3.8) is 0 Å². The van der Waals surface area contributed by atoms with E-state index in [2.05, 4.69) is 31.6 Å². The molecule has 0 aliphatic rings. The fourth-order valence-electron chi connectivity index (χ4n) is 2.86. The molecule has 7 N–H and O–H groups in total. The number of carboxylic acid groups (broad SMARTS) is 1. The minimum atomic E-state index is -1.33. The van der Waals surface area contributed by atoms with Gasteiger partial charge in [0.2, 0.25) is 17.7 Å². The van der Waals surface area contributed by atoms with Crippen LogP contribution in [0.2, 0.25) is 0 Å². The second-order valence-corrected chi connectivity index (χ2v) is 10.2. The Morgan fingerprint density at radius 3 is 2.18 bits per heavy atom. The number of aliphatic hydroxyl groups is 1. The van der Waals surface area contributed by atoms with Crippen LogP contribution in [0.15, 0.2) is 6.20 Å². The van der Waals surface area contributed by atoms with Gasteiger partial charge in [-0.05, 0) is 32.1 Å². The van der Waals surface area contributed by atoms with Crippen molar-refractivity contribution in [3.05, 3.63) is 11.1 Å². The first-order valence-corrected chi connectivity index (χ1v) is 11.8. The average Bonchev–Trinajstić information content (AvgIpc) is 3.19. The van der Waals surface area contributed by atoms with E-state index in [0.717, 1.165) is 4.88 Å². The molecular formula is C21H36N6O6S. The maximum Gasteiger partial charge on any atom is 0.405 e. The zero-order valence-electron chi connectivity index (χ0n) is 20.2. The second-order valence-electron chi connectivity index (χ2n) is 9.09. The Kier molecular flexibility index (Phi) is 11.7. The summed E-state index contributed by atoms with van der Waals surface area (Å²) in [5.74, 6) is -1.55. The van der Waals surface area contributed by atoms with Crippen molar-refractivity contribution < 1.29 is 29.4 Å². The molecular weight excluding hydrogens is 464 g/mol. The lowest BCUT2D eigenvalue weighted by Gasteiger charge is -2.26. The summed E-state index contributed by atoms with van der Waals surface area (Å²) in [6, 6.07) is -2.80. The Morgan fingerprint density at radius 2 is 1.62 bits per heavy atom. The summed E-state index contributed by atoms with van der Waals surface area (Å²) in [6.07, 6.45) is 1.14. The largest absolute Gasteiger partial charge is 0.465 e. The molecule has 0 bridgehead atoms. The molecule has 0 radical (unpaired) electrons. The number of anilines is 1. The van der Waals surface area contributed by atoms with Crippen LogP contribution in [-0.4, -0.2) is 70.2 Å². The number of carbonyl (C=O) groups excluding carboxylic acids is 3. The number of thiazole rings is 1. The van der Waals surface area contributed by atoms with Crippen molar-refractivity contribution in [1.29, 1.82) is 0 Å². The lowest BCUT2D eigenvalue weighted by atomic mass is 9.87. The van der Waals surface area contributed by atoms with Gasteiger partial charge in [-0.3, -0.25) is 14.4 Å². The minimum absolute atomic E-state index is 0.0575. The minimum Gasteiger partial charge on any atom is -0.465 e. The van der Waals surface area contributed by atoms with E-state index in [1.165, 1.54) is 25.2 Å². The monoisotopic (exact) mass is 500 g/mol. The van der Waals surface area contributed by atoms with Crippen LogP contribution >= 0.6 is 11.3 Å². The molecule has 34 heavy (non-hydrogen) atoms. The number of carbonyl (C=O) groups is 4. The summed E-state index contributed by atoms with van der Waals surface area (Å²) in [4.78, 5) is 53.0. The summed E-state index contributed by atoms with van der Waals surface area (Å²) in [7, 11) is 0. The topological polar surface area (TPSA) is 182 Å². The van der Waals surface area contributed by atoms with Crippen LogP contribution in [-0.2, 0) is 21.0 Å². The van der Waals surface area contributed by atoms with Gasteiger partial charge in [0.25, 0.3) is 0 Å². The molecule has 1 rings (SSSR count). The zero-order chi connectivity index (χ0) is 25.9. The smallest absolute Gasteiger partial charge is 0.405 e. The summed E-state index contributed by atoms with van der Waals surface area (Å²) in [5.41, 5.74) is -0.319. The number of amides is 4. The van der Waals surface area contributed by atoms with Gasteiger partial charge in [0, 0.05) is 19.3 Å². The van der Waals surface area contributed by atoms with Crippen molar-refractivity contribution in [1.82, 2.24) is 26.3 Å². The van der Waals surface area contributed by atoms with Crippen LogP contribution in [0.1, 0.15) is 52.3 Å². The van der Waals surface area contributed by atoms with E-state index in [1.54, 1.807) is 6.20 Å². The van der Waals surface area contributed by atoms with Gasteiger partial charge in [0.05, 0.1) is 11.5 Å². The first-order valence-electron chi connectivity index (χ1n) is 11.0. The number of nitrogens with zero attached hydrogens (tertiary/aromatic N) is 1. The molecule has 0 fully saturated rings. The fourth-order valence-corrected chi connectivity index (χ4v) is 3.56. The van der Waals surface area contributed by atoms with Gasteiger partial charge in [0.1, 0.15) is 18.1 Å². The van der Waals surface area contributed by atoms with Crippen LogP contribution in [0.5, 0.6) is 0 Å². The summed E-state index contributed by atoms with van der Waals surface area (Å²) >= 11 is 1.35. The predicted molar refractivity (Wildman–Crippen MR) is 128 cm³/mol. The lowest BCUT2D eigenvalue weighted by Crippen LogP contribution is -2.55. The molecule has 0 saturated carbocycles. The van der Waals surface area contributed by atoms with Crippen LogP contribution in [0.4, 0.5) is 9.93 Å². The Balaban J connectivity index is 2.40. The van der Waals surface area contributed by atoms with Crippen molar-refractivity contribution in [2.45, 2.75) is 72.2 Å². The third-order valence-electron chi connectivity index (χ3n) is 4.57. The molecule has 0 aliphatic heterocycles. The highest BCUT2D eigenvalue weighted by molar-refractivity contribution is 7.15. The number of hydrogen-bond acceptors (Lipinski definition) is 8. The van der Waals surface area contributed by atoms with Gasteiger partial charge >= 0.3 is 6.09 Å². The standard InChI is InChI=1S/C21H36N6O6S/c1-12(16(29)22-7-6-8-23-19-24-10-14(11-28)34-19)25-17(30)13(2)26-18(31)15(27-20(32)33)9-21(3,4)5/h10,12-13,15,27-28H,6-9,11H2,1-5H3,(H,22,29)(H,23,24)(H,25,30)(H,26,31)(H,32,33)/t12-,13-,15-/m0/s1. The van der Waals surface area contributed by atoms with E-state index in [9.17, 15) is 19.2 Å². The third-order valence-corrected chi connectivity index (χ3v) is 5.51. The Hall–Kier alpha value is -2.93. The van der Waals surface area contributed by atoms with Gasteiger partial charge < -0.3 is 36.8 Å². The summed E-state index contributed by atoms with van der Waals surface area (Å²) in [6.45, 7) is 9.49. The van der Waals surface area contributed by atoms with Gasteiger partial charge in [-0.2, -0.15) is 0 Å². The first kappa shape index (κ1) is 29.1. The molecule has 0 aliphatic carbocycles. The maximum atomic E-state index is 12.5. The number of hydrogen-bond donors (Lipinski definition) is 7. The average molecular weight is 501 g/mol. The molecule has 4 amide bonds. The highest BCUT2D eigenvalue weighted by Gasteiger charge is 2.29. The van der Waals surface area contributed by atoms with Crippen molar-refractivity contribution in [3.8, 4) is 0 Å². The highest BCUT2D eigenvalue weighted by atomic mass is 32.1. The third kappa shape index (κ3) is 11.3. The maximum absolute atomic E-state index is 12.5. The molecule has 13 heteroatoms. The highest BCUT2D eigenvalue weighted by Crippen LogP contribution is 2.21. The molecule has 0 spiro atoms. The molecule has 0 aromatic carbocycles. The zero-order valence-corrected chi connectivity index (χ0v) is 21.0. The molecule has 0 saturated heterocycles. The molecule has 3 atom stereocenters. The van der Waals surface area contributed by atoms with E-state index >= 15 is 0 Å². The molecule has 1 aromatic rings. The van der Waals surface area contributed by atoms with E-state index in [1.807, 2.05) is 20.8 Å². The number of nitrogens with one attached hydrogen (secondary N) is 5. The first-order chi connectivity index (χ1) is 15.8. The van der Waals surface area contributed by atoms with Gasteiger partial charge in [-0.15, -0.1) is 0 Å². The van der Waals surface area contributed by atoms with Gasteiger partial charge in [-0.1, -0.05) is 32.1 Å². The molecule has 12 nitrogen and oxygen atoms in total. The normalized spacial score (nSPS) is 13.8. The quantitative estimate of drug-likeness (QED) is 0.193. The van der Waals surface area contributed by atoms with Gasteiger partial charge in [0.15, 0.2) is 5.13 Å². The van der Waals surface area contributed by atoms with Crippen molar-refractivity contribution in [2.75, 3.05) is 18.4 Å². The van der Waals surface area contributed by atoms with Gasteiger partial charge in [-0.25, -0.2) is 9.78 Å². The Morgan fingerprint density at radius 1 is 1.00 bits per heavy atom. The van der Waals surface area contributed by atoms with Crippen molar-refractivity contribution in [2.24, 2.45) is 5.41 Å². The lowest BCUT2D eigenvalue weighted by molar-refractivity contribution is -0.132. The molecule has 1 heterocycles. The number of aliphatic hydroxyl groups excluding tert-OH is 1. The van der Waals surface area contributed by atoms with E-state index in [-0.39, 0.29) is 24.3 Å². The van der Waals surface area contributed by atoms with E-state index in [4.69, 9.17) is 10.2 Å². The van der Waals surface area contributed by atoms with Crippen LogP contribution in [0.3, 0.4) is 0 Å². The van der Waals surface area contributed by atoms with Crippen LogP contribution < -0.4 is 26.6 Å². The fraction of sp³-hybridized carbons (Fsp3) is 0.667. The predicted octanol–water partition coefficient (Wildman–Crippen LogP) is 0.635. The van der Waals surface area contributed by atoms with E-state index < -0.39 is 36.0 Å². The summed E-state index contributed by atoms with van der Waals surface area (Å²) < 4.78 is 0. The number of rotatable bonds is 13. The second kappa shape index (κ2) is 13.7. The summed E-state index contributed by atoms with van der Waals surface area (Å²) in [5, 5.41) is 31.7. The van der Waals surface area contributed by atoms with E-state index in [0.29, 0.717) is 24.6 Å². The SMILES string of the molecule is C[C@H](NC(=O)[C@H](C)NC(=O)[C@H](CC(C)(C)C)NC(=O)O)C(=O)NCCCNc1ncc(CO)s1. The number of aromatic nitrogens is 1. The molecule has 0 unspecified atom stereocenters. The Bertz CT molecular complexity index is 840. The molecule has 1 aromatic heterocycles.